The van der Waals surface area contributed by atoms with Crippen molar-refractivity contribution in [2.75, 3.05) is 0 Å². The molecule has 0 bridgehead atoms. The Morgan fingerprint density at radius 3 is 1.95 bits per heavy atom. The molecule has 0 aliphatic heterocycles. The van der Waals surface area contributed by atoms with Crippen LogP contribution in [0.1, 0.15) is 23.6 Å². The third-order valence-corrected chi connectivity index (χ3v) is 3.34. The first-order chi connectivity index (χ1) is 9.81. The maximum absolute atomic E-state index is 12.5. The Bertz CT molecular complexity index is 618. The summed E-state index contributed by atoms with van der Waals surface area (Å²) in [6.45, 7) is 1.81. The molecule has 0 fully saturated rings. The predicted molar refractivity (Wildman–Crippen MR) is 71.4 cm³/mol. The zero-order valence-electron chi connectivity index (χ0n) is 11.3. The summed E-state index contributed by atoms with van der Waals surface area (Å²) in [6.07, 6.45) is -3.99. The van der Waals surface area contributed by atoms with Gasteiger partial charge in [0.05, 0.1) is 11.3 Å². The molecule has 0 saturated carbocycles. The van der Waals surface area contributed by atoms with E-state index < -0.39 is 11.7 Å². The lowest BCUT2D eigenvalue weighted by molar-refractivity contribution is -0.137. The van der Waals surface area contributed by atoms with Crippen molar-refractivity contribution < 1.29 is 23.4 Å². The van der Waals surface area contributed by atoms with Gasteiger partial charge in [-0.1, -0.05) is 6.92 Å². The van der Waals surface area contributed by atoms with E-state index in [4.69, 9.17) is 5.73 Å². The SMILES string of the molecule is CCc1c(CN)c(O)n(-c2ccc(C(F)(F)F)cc2)c1O. The van der Waals surface area contributed by atoms with Gasteiger partial charge >= 0.3 is 6.18 Å². The summed E-state index contributed by atoms with van der Waals surface area (Å²) in [5.41, 5.74) is 5.83. The van der Waals surface area contributed by atoms with Crippen molar-refractivity contribution in [1.29, 1.82) is 0 Å². The van der Waals surface area contributed by atoms with Crippen molar-refractivity contribution in [3.05, 3.63) is 41.0 Å². The van der Waals surface area contributed by atoms with E-state index in [1.807, 2.05) is 0 Å². The molecule has 0 aliphatic rings. The van der Waals surface area contributed by atoms with Crippen LogP contribution in [0.4, 0.5) is 13.2 Å². The fourth-order valence-electron chi connectivity index (χ4n) is 2.27. The second kappa shape index (κ2) is 5.33. The van der Waals surface area contributed by atoms with Crippen LogP contribution in [0.3, 0.4) is 0 Å². The first-order valence-electron chi connectivity index (χ1n) is 6.33. The van der Waals surface area contributed by atoms with E-state index >= 15 is 0 Å². The molecule has 2 rings (SSSR count). The number of hydrogen-bond acceptors (Lipinski definition) is 3. The molecule has 0 spiro atoms. The number of rotatable bonds is 3. The van der Waals surface area contributed by atoms with E-state index in [-0.39, 0.29) is 24.0 Å². The molecule has 0 aliphatic carbocycles. The van der Waals surface area contributed by atoms with Crippen LogP contribution in [-0.2, 0) is 19.1 Å². The highest BCUT2D eigenvalue weighted by molar-refractivity contribution is 5.53. The number of nitrogens with zero attached hydrogens (tertiary/aromatic N) is 1. The lowest BCUT2D eigenvalue weighted by Crippen LogP contribution is -2.05. The van der Waals surface area contributed by atoms with Crippen molar-refractivity contribution in [2.45, 2.75) is 26.1 Å². The van der Waals surface area contributed by atoms with Crippen molar-refractivity contribution >= 4 is 0 Å². The minimum atomic E-state index is -4.43. The molecule has 1 aromatic carbocycles. The van der Waals surface area contributed by atoms with Gasteiger partial charge in [-0.25, -0.2) is 0 Å². The van der Waals surface area contributed by atoms with Gasteiger partial charge in [0.15, 0.2) is 0 Å². The molecule has 0 saturated heterocycles. The van der Waals surface area contributed by atoms with E-state index in [0.29, 0.717) is 17.5 Å². The van der Waals surface area contributed by atoms with Gasteiger partial charge in [0, 0.05) is 17.7 Å². The molecule has 0 unspecified atom stereocenters. The van der Waals surface area contributed by atoms with Crippen LogP contribution in [0.25, 0.3) is 5.69 Å². The summed E-state index contributed by atoms with van der Waals surface area (Å²) in [7, 11) is 0. The van der Waals surface area contributed by atoms with Crippen molar-refractivity contribution in [3.8, 4) is 17.4 Å². The Labute approximate surface area is 119 Å². The highest BCUT2D eigenvalue weighted by Crippen LogP contribution is 2.37. The molecule has 2 aromatic rings. The van der Waals surface area contributed by atoms with Crippen LogP contribution in [0.5, 0.6) is 11.8 Å². The van der Waals surface area contributed by atoms with E-state index in [0.717, 1.165) is 16.7 Å². The van der Waals surface area contributed by atoms with Crippen LogP contribution in [0, 0.1) is 0 Å². The zero-order chi connectivity index (χ0) is 15.8. The fourth-order valence-corrected chi connectivity index (χ4v) is 2.27. The molecule has 0 radical (unpaired) electrons. The van der Waals surface area contributed by atoms with Gasteiger partial charge in [-0.2, -0.15) is 13.2 Å². The first-order valence-corrected chi connectivity index (χ1v) is 6.33. The highest BCUT2D eigenvalue weighted by atomic mass is 19.4. The predicted octanol–water partition coefficient (Wildman–Crippen LogP) is 2.93. The third-order valence-electron chi connectivity index (χ3n) is 3.34. The number of benzene rings is 1. The summed E-state index contributed by atoms with van der Waals surface area (Å²) >= 11 is 0. The zero-order valence-corrected chi connectivity index (χ0v) is 11.3. The van der Waals surface area contributed by atoms with Crippen LogP contribution in [0.15, 0.2) is 24.3 Å². The molecule has 0 amide bonds. The smallest absolute Gasteiger partial charge is 0.416 e. The van der Waals surface area contributed by atoms with Gasteiger partial charge in [-0.05, 0) is 30.7 Å². The minimum Gasteiger partial charge on any atom is -0.494 e. The van der Waals surface area contributed by atoms with Crippen LogP contribution < -0.4 is 5.73 Å². The van der Waals surface area contributed by atoms with Crippen LogP contribution in [-0.4, -0.2) is 14.8 Å². The number of nitrogens with two attached hydrogens (primary N) is 1. The molecule has 1 heterocycles. The lowest BCUT2D eigenvalue weighted by Gasteiger charge is -2.10. The molecular weight excluding hydrogens is 285 g/mol. The lowest BCUT2D eigenvalue weighted by atomic mass is 10.1. The standard InChI is InChI=1S/C14H15F3N2O2/c1-2-10-11(7-18)13(21)19(12(10)20)9-5-3-8(4-6-9)14(15,16)17/h3-6,20-21H,2,7,18H2,1H3. The summed E-state index contributed by atoms with van der Waals surface area (Å²) in [5.74, 6) is -0.471. The van der Waals surface area contributed by atoms with E-state index in [2.05, 4.69) is 0 Å². The minimum absolute atomic E-state index is 0.0240. The van der Waals surface area contributed by atoms with Gasteiger partial charge < -0.3 is 15.9 Å². The van der Waals surface area contributed by atoms with Gasteiger partial charge in [0.25, 0.3) is 0 Å². The van der Waals surface area contributed by atoms with E-state index in [1.54, 1.807) is 6.92 Å². The maximum Gasteiger partial charge on any atom is 0.416 e. The molecule has 114 valence electrons. The Balaban J connectivity index is 2.55. The molecule has 0 atom stereocenters. The van der Waals surface area contributed by atoms with E-state index in [9.17, 15) is 23.4 Å². The number of aromatic nitrogens is 1. The Hall–Kier alpha value is -2.15. The third kappa shape index (κ3) is 2.56. The summed E-state index contributed by atoms with van der Waals surface area (Å²) in [6, 6.07) is 4.15. The monoisotopic (exact) mass is 300 g/mol. The summed E-state index contributed by atoms with van der Waals surface area (Å²) in [5, 5.41) is 20.2. The van der Waals surface area contributed by atoms with E-state index in [1.165, 1.54) is 12.1 Å². The molecule has 7 heteroatoms. The van der Waals surface area contributed by atoms with Crippen LogP contribution in [0.2, 0.25) is 0 Å². The Morgan fingerprint density at radius 2 is 1.57 bits per heavy atom. The van der Waals surface area contributed by atoms with Gasteiger partial charge in [-0.15, -0.1) is 0 Å². The number of alkyl halides is 3. The molecule has 21 heavy (non-hydrogen) atoms. The Kier molecular flexibility index (Phi) is 3.87. The topological polar surface area (TPSA) is 71.4 Å². The van der Waals surface area contributed by atoms with Gasteiger partial charge in [0.2, 0.25) is 11.8 Å². The second-order valence-electron chi connectivity index (χ2n) is 4.54. The Morgan fingerprint density at radius 1 is 1.05 bits per heavy atom. The van der Waals surface area contributed by atoms with Crippen molar-refractivity contribution in [1.82, 2.24) is 4.57 Å². The van der Waals surface area contributed by atoms with Crippen LogP contribution >= 0.6 is 0 Å². The average molecular weight is 300 g/mol. The summed E-state index contributed by atoms with van der Waals surface area (Å²) < 4.78 is 38.7. The number of aromatic hydroxyl groups is 2. The first kappa shape index (κ1) is 15.2. The molecule has 4 nitrogen and oxygen atoms in total. The van der Waals surface area contributed by atoms with Crippen molar-refractivity contribution in [3.63, 3.8) is 0 Å². The van der Waals surface area contributed by atoms with Gasteiger partial charge in [-0.3, -0.25) is 4.57 Å². The maximum atomic E-state index is 12.5. The number of halogens is 3. The van der Waals surface area contributed by atoms with Crippen molar-refractivity contribution in [2.24, 2.45) is 5.73 Å². The molecule has 1 aromatic heterocycles. The largest absolute Gasteiger partial charge is 0.494 e. The average Bonchev–Trinajstić information content (AvgIpc) is 2.68. The summed E-state index contributed by atoms with van der Waals surface area (Å²) in [4.78, 5) is 0. The molecular formula is C14H15F3N2O2. The normalized spacial score (nSPS) is 11.9. The second-order valence-corrected chi connectivity index (χ2v) is 4.54. The highest BCUT2D eigenvalue weighted by Gasteiger charge is 2.30. The quantitative estimate of drug-likeness (QED) is 0.816. The molecule has 4 N–H and O–H groups in total. The fraction of sp³-hybridized carbons (Fsp3) is 0.286. The van der Waals surface area contributed by atoms with Gasteiger partial charge in [0.1, 0.15) is 0 Å². The number of hydrogen-bond donors (Lipinski definition) is 3.